The van der Waals surface area contributed by atoms with Gasteiger partial charge < -0.3 is 20.0 Å². The largest absolute Gasteiger partial charge is 0.379 e. The Morgan fingerprint density at radius 1 is 1.19 bits per heavy atom. The van der Waals surface area contributed by atoms with Gasteiger partial charge in [-0.1, -0.05) is 17.8 Å². The lowest BCUT2D eigenvalue weighted by molar-refractivity contribution is 0.0376. The number of thioether (sulfide) groups is 1. The van der Waals surface area contributed by atoms with Crippen molar-refractivity contribution in [3.63, 3.8) is 0 Å². The molecule has 8 nitrogen and oxygen atoms in total. The van der Waals surface area contributed by atoms with Gasteiger partial charge in [0.05, 0.1) is 30.0 Å². The van der Waals surface area contributed by atoms with Crippen LogP contribution in [-0.2, 0) is 4.74 Å². The van der Waals surface area contributed by atoms with Gasteiger partial charge in [0.2, 0.25) is 0 Å². The lowest BCUT2D eigenvalue weighted by atomic mass is 10.1. The van der Waals surface area contributed by atoms with Crippen LogP contribution in [-0.4, -0.2) is 70.9 Å². The number of H-pyrrole nitrogens is 2. The van der Waals surface area contributed by atoms with E-state index in [0.717, 1.165) is 79.0 Å². The molecule has 0 saturated carbocycles. The van der Waals surface area contributed by atoms with Crippen molar-refractivity contribution in [2.24, 2.45) is 10.2 Å². The van der Waals surface area contributed by atoms with Crippen LogP contribution in [0.2, 0.25) is 0 Å². The summed E-state index contributed by atoms with van der Waals surface area (Å²) in [5, 5.41) is 12.9. The number of hydrogen-bond acceptors (Lipinski definition) is 7. The van der Waals surface area contributed by atoms with E-state index in [-0.39, 0.29) is 5.69 Å². The average molecular weight is 374 g/mol. The number of aromatic nitrogens is 2. The van der Waals surface area contributed by atoms with Crippen molar-refractivity contribution in [2.45, 2.75) is 6.42 Å². The summed E-state index contributed by atoms with van der Waals surface area (Å²) in [4.78, 5) is 19.3. The minimum Gasteiger partial charge on any atom is -0.379 e. The predicted octanol–water partition coefficient (Wildman–Crippen LogP) is 0.975. The molecular formula is C17H22N6O2S. The number of fused-ring (bicyclic) bond motifs is 1. The summed E-state index contributed by atoms with van der Waals surface area (Å²) in [6, 6.07) is 5.78. The van der Waals surface area contributed by atoms with E-state index in [4.69, 9.17) is 4.74 Å². The van der Waals surface area contributed by atoms with E-state index >= 15 is 0 Å². The zero-order valence-electron chi connectivity index (χ0n) is 14.5. The molecule has 2 aliphatic heterocycles. The first-order valence-electron chi connectivity index (χ1n) is 8.82. The summed E-state index contributed by atoms with van der Waals surface area (Å²) < 4.78 is 5.36. The molecule has 1 fully saturated rings. The molecule has 0 bridgehead atoms. The molecule has 0 amide bonds. The van der Waals surface area contributed by atoms with Crippen molar-refractivity contribution >= 4 is 33.7 Å². The Bertz CT molecular complexity index is 881. The highest BCUT2D eigenvalue weighted by Crippen LogP contribution is 2.17. The minimum absolute atomic E-state index is 0.196. The van der Waals surface area contributed by atoms with Gasteiger partial charge in [0.1, 0.15) is 0 Å². The molecule has 0 atom stereocenters. The first-order chi connectivity index (χ1) is 12.8. The Balaban J connectivity index is 1.30. The summed E-state index contributed by atoms with van der Waals surface area (Å²) >= 11 is 1.66. The van der Waals surface area contributed by atoms with Gasteiger partial charge in [-0.2, -0.15) is 5.10 Å². The van der Waals surface area contributed by atoms with Crippen molar-refractivity contribution in [3.05, 3.63) is 34.2 Å². The fraction of sp³-hybridized carbons (Fsp3) is 0.471. The maximum Gasteiger partial charge on any atom is 0.323 e. The zero-order chi connectivity index (χ0) is 17.8. The SMILES string of the molecule is O=c1[nH]c2ccc(C3=NN=C(NCCCN4CCOCC4)SC3)cc2[nH]1. The molecule has 0 unspecified atom stereocenters. The maximum absolute atomic E-state index is 11.4. The van der Waals surface area contributed by atoms with Crippen LogP contribution in [0.4, 0.5) is 0 Å². The van der Waals surface area contributed by atoms with Crippen LogP contribution >= 0.6 is 11.8 Å². The first-order valence-corrected chi connectivity index (χ1v) is 9.80. The molecule has 0 spiro atoms. The Morgan fingerprint density at radius 3 is 2.85 bits per heavy atom. The lowest BCUT2D eigenvalue weighted by Gasteiger charge is -2.26. The zero-order valence-corrected chi connectivity index (χ0v) is 15.3. The van der Waals surface area contributed by atoms with Crippen LogP contribution in [0.1, 0.15) is 12.0 Å². The summed E-state index contributed by atoms with van der Waals surface area (Å²) in [5.74, 6) is 0.759. The average Bonchev–Trinajstić information content (AvgIpc) is 3.06. The third-order valence-corrected chi connectivity index (χ3v) is 5.40. The van der Waals surface area contributed by atoms with Crippen LogP contribution in [0.25, 0.3) is 11.0 Å². The summed E-state index contributed by atoms with van der Waals surface area (Å²) in [7, 11) is 0. The van der Waals surface area contributed by atoms with E-state index in [9.17, 15) is 4.79 Å². The molecule has 1 saturated heterocycles. The third kappa shape index (κ3) is 4.17. The van der Waals surface area contributed by atoms with Gasteiger partial charge in [-0.15, -0.1) is 5.10 Å². The monoisotopic (exact) mass is 374 g/mol. The topological polar surface area (TPSA) is 97.9 Å². The fourth-order valence-corrected chi connectivity index (χ4v) is 3.86. The van der Waals surface area contributed by atoms with Gasteiger partial charge in [-0.25, -0.2) is 4.79 Å². The van der Waals surface area contributed by atoms with Gasteiger partial charge in [0.15, 0.2) is 5.17 Å². The molecule has 9 heteroatoms. The highest BCUT2D eigenvalue weighted by atomic mass is 32.2. The molecule has 0 radical (unpaired) electrons. The van der Waals surface area contributed by atoms with Gasteiger partial charge in [-0.3, -0.25) is 4.90 Å². The summed E-state index contributed by atoms with van der Waals surface area (Å²) in [6.07, 6.45) is 1.08. The van der Waals surface area contributed by atoms with E-state index in [1.165, 1.54) is 0 Å². The van der Waals surface area contributed by atoms with E-state index in [1.807, 2.05) is 18.2 Å². The molecule has 138 valence electrons. The number of aromatic amines is 2. The number of hydrogen-bond donors (Lipinski definition) is 3. The number of benzene rings is 1. The first kappa shape index (κ1) is 17.3. The van der Waals surface area contributed by atoms with Crippen molar-refractivity contribution in [2.75, 3.05) is 45.1 Å². The van der Waals surface area contributed by atoms with Crippen LogP contribution in [0.3, 0.4) is 0 Å². The van der Waals surface area contributed by atoms with Crippen LogP contribution < -0.4 is 11.0 Å². The molecule has 1 aromatic heterocycles. The van der Waals surface area contributed by atoms with E-state index in [2.05, 4.69) is 30.4 Å². The highest BCUT2D eigenvalue weighted by Gasteiger charge is 2.14. The molecule has 4 rings (SSSR count). The number of amidine groups is 1. The van der Waals surface area contributed by atoms with Gasteiger partial charge >= 0.3 is 5.69 Å². The van der Waals surface area contributed by atoms with Crippen molar-refractivity contribution < 1.29 is 4.74 Å². The van der Waals surface area contributed by atoms with Crippen LogP contribution in [0.15, 0.2) is 33.2 Å². The fourth-order valence-electron chi connectivity index (χ4n) is 3.06. The van der Waals surface area contributed by atoms with Crippen LogP contribution in [0.5, 0.6) is 0 Å². The van der Waals surface area contributed by atoms with Crippen molar-refractivity contribution in [3.8, 4) is 0 Å². The maximum atomic E-state index is 11.4. The van der Waals surface area contributed by atoms with Crippen molar-refractivity contribution in [1.82, 2.24) is 20.2 Å². The normalized spacial score (nSPS) is 18.6. The van der Waals surface area contributed by atoms with Crippen molar-refractivity contribution in [1.29, 1.82) is 0 Å². The highest BCUT2D eigenvalue weighted by molar-refractivity contribution is 8.14. The number of nitrogens with zero attached hydrogens (tertiary/aromatic N) is 3. The molecule has 3 heterocycles. The second-order valence-corrected chi connectivity index (χ2v) is 7.28. The molecular weight excluding hydrogens is 352 g/mol. The number of ether oxygens (including phenoxy) is 1. The summed E-state index contributed by atoms with van der Waals surface area (Å²) in [5.41, 5.74) is 3.29. The number of rotatable bonds is 5. The smallest absolute Gasteiger partial charge is 0.323 e. The molecule has 0 aliphatic carbocycles. The van der Waals surface area contributed by atoms with Gasteiger partial charge in [-0.05, 0) is 25.1 Å². The number of nitrogens with one attached hydrogen (secondary N) is 3. The quantitative estimate of drug-likeness (QED) is 0.678. The van der Waals surface area contributed by atoms with E-state index in [1.54, 1.807) is 11.8 Å². The Hall–Kier alpha value is -2.10. The molecule has 26 heavy (non-hydrogen) atoms. The van der Waals surface area contributed by atoms with Crippen LogP contribution in [0, 0.1) is 0 Å². The molecule has 1 aromatic carbocycles. The minimum atomic E-state index is -0.196. The third-order valence-electron chi connectivity index (χ3n) is 4.49. The Morgan fingerprint density at radius 2 is 2.04 bits per heavy atom. The summed E-state index contributed by atoms with van der Waals surface area (Å²) in [6.45, 7) is 5.72. The second-order valence-electron chi connectivity index (χ2n) is 6.31. The Kier molecular flexibility index (Phi) is 5.37. The van der Waals surface area contributed by atoms with E-state index < -0.39 is 0 Å². The van der Waals surface area contributed by atoms with Gasteiger partial charge in [0.25, 0.3) is 0 Å². The van der Waals surface area contributed by atoms with E-state index in [0.29, 0.717) is 0 Å². The standard InChI is InChI=1S/C17H22N6O2S/c24-16-19-13-3-2-12(10-14(13)20-16)15-11-26-17(22-21-15)18-4-1-5-23-6-8-25-9-7-23/h2-3,10H,1,4-9,11H2,(H,18,22)(H2,19,20,24). The second kappa shape index (κ2) is 8.07. The number of imidazole rings is 1. The Labute approximate surface area is 155 Å². The predicted molar refractivity (Wildman–Crippen MR) is 105 cm³/mol. The molecule has 2 aliphatic rings. The molecule has 3 N–H and O–H groups in total. The molecule has 2 aromatic rings. The van der Waals surface area contributed by atoms with Gasteiger partial charge in [0, 0.05) is 31.0 Å². The number of morpholine rings is 1. The lowest BCUT2D eigenvalue weighted by Crippen LogP contribution is -2.38.